The highest BCUT2D eigenvalue weighted by molar-refractivity contribution is 7.90. The first-order chi connectivity index (χ1) is 9.03. The molecule has 0 aliphatic heterocycles. The van der Waals surface area contributed by atoms with Gasteiger partial charge in [-0.3, -0.25) is 14.5 Å². The van der Waals surface area contributed by atoms with Gasteiger partial charge in [-0.15, -0.1) is 0 Å². The highest BCUT2D eigenvalue weighted by Crippen LogP contribution is 2.47. The van der Waals surface area contributed by atoms with Crippen LogP contribution in [0.2, 0.25) is 0 Å². The Kier molecular flexibility index (Phi) is 4.16. The number of aromatic nitrogens is 1. The smallest absolute Gasteiger partial charge is 0.237 e. The number of nitrogens with zero attached hydrogens (tertiary/aromatic N) is 1. The van der Waals surface area contributed by atoms with E-state index >= 15 is 0 Å². The van der Waals surface area contributed by atoms with Crippen LogP contribution in [-0.2, 0) is 19.6 Å². The van der Waals surface area contributed by atoms with Gasteiger partial charge in [-0.05, 0) is 24.0 Å². The van der Waals surface area contributed by atoms with Gasteiger partial charge < -0.3 is 4.74 Å². The maximum atomic E-state index is 11.8. The molecule has 0 bridgehead atoms. The molecule has 0 spiro atoms. The number of rotatable bonds is 6. The van der Waals surface area contributed by atoms with Crippen molar-refractivity contribution in [3.05, 3.63) is 30.1 Å². The fourth-order valence-corrected chi connectivity index (χ4v) is 2.87. The lowest BCUT2D eigenvalue weighted by Crippen LogP contribution is -2.35. The van der Waals surface area contributed by atoms with E-state index in [2.05, 4.69) is 14.4 Å². The number of methoxy groups -OCH3 is 1. The number of ether oxygens (including phenoxy) is 1. The first kappa shape index (κ1) is 14.0. The van der Waals surface area contributed by atoms with Crippen LogP contribution in [0, 0.1) is 5.92 Å². The van der Waals surface area contributed by atoms with Crippen LogP contribution in [0.25, 0.3) is 0 Å². The average Bonchev–Trinajstić information content (AvgIpc) is 3.17. The molecule has 0 aromatic carbocycles. The molecule has 1 fully saturated rings. The molecule has 0 radical (unpaired) electrons. The van der Waals surface area contributed by atoms with E-state index in [-0.39, 0.29) is 24.2 Å². The lowest BCUT2D eigenvalue weighted by atomic mass is 10.1. The lowest BCUT2D eigenvalue weighted by Gasteiger charge is -2.06. The van der Waals surface area contributed by atoms with Crippen LogP contribution in [0.4, 0.5) is 0 Å². The maximum Gasteiger partial charge on any atom is 0.237 e. The van der Waals surface area contributed by atoms with Gasteiger partial charge in [0.2, 0.25) is 15.9 Å². The van der Waals surface area contributed by atoms with Crippen molar-refractivity contribution < 1.29 is 17.9 Å². The van der Waals surface area contributed by atoms with E-state index in [4.69, 9.17) is 0 Å². The van der Waals surface area contributed by atoms with E-state index in [1.807, 2.05) is 6.07 Å². The number of amides is 1. The van der Waals surface area contributed by atoms with Gasteiger partial charge in [-0.25, -0.2) is 8.42 Å². The molecule has 0 saturated heterocycles. The zero-order chi connectivity index (χ0) is 13.9. The summed E-state index contributed by atoms with van der Waals surface area (Å²) in [7, 11) is -2.18. The van der Waals surface area contributed by atoms with E-state index in [9.17, 15) is 13.2 Å². The number of carbonyl (C=O) groups excluding carboxylic acids is 1. The number of pyridine rings is 1. The molecule has 1 aromatic rings. The number of nitrogens with one attached hydrogen (secondary N) is 1. The Hall–Kier alpha value is -1.47. The molecule has 1 aliphatic rings. The molecular formula is C12H16N2O4S. The largest absolute Gasteiger partial charge is 0.384 e. The van der Waals surface area contributed by atoms with Gasteiger partial charge in [0.25, 0.3) is 0 Å². The zero-order valence-corrected chi connectivity index (χ0v) is 11.4. The Labute approximate surface area is 112 Å². The van der Waals surface area contributed by atoms with Gasteiger partial charge >= 0.3 is 0 Å². The molecule has 104 valence electrons. The Bertz CT molecular complexity index is 544. The summed E-state index contributed by atoms with van der Waals surface area (Å²) in [5, 5.41) is 0. The van der Waals surface area contributed by atoms with E-state index in [1.165, 1.54) is 7.11 Å². The predicted octanol–water partition coefficient (Wildman–Crippen LogP) is 0.277. The van der Waals surface area contributed by atoms with Crippen molar-refractivity contribution in [2.75, 3.05) is 19.5 Å². The molecule has 7 heteroatoms. The van der Waals surface area contributed by atoms with E-state index in [0.29, 0.717) is 6.42 Å². The fraction of sp³-hybridized carbons (Fsp3) is 0.500. The van der Waals surface area contributed by atoms with Crippen LogP contribution in [0.1, 0.15) is 17.9 Å². The van der Waals surface area contributed by atoms with Crippen molar-refractivity contribution in [2.45, 2.75) is 12.3 Å². The molecule has 6 nitrogen and oxygen atoms in total. The van der Waals surface area contributed by atoms with Crippen molar-refractivity contribution in [2.24, 2.45) is 5.92 Å². The first-order valence-electron chi connectivity index (χ1n) is 5.96. The molecule has 1 aliphatic carbocycles. The van der Waals surface area contributed by atoms with Gasteiger partial charge in [0.15, 0.2) is 0 Å². The third-order valence-electron chi connectivity index (χ3n) is 3.05. The third-order valence-corrected chi connectivity index (χ3v) is 4.27. The van der Waals surface area contributed by atoms with Crippen LogP contribution in [0.5, 0.6) is 0 Å². The van der Waals surface area contributed by atoms with Crippen molar-refractivity contribution >= 4 is 15.9 Å². The maximum absolute atomic E-state index is 11.8. The summed E-state index contributed by atoms with van der Waals surface area (Å²) in [5.74, 6) is -0.850. The molecular weight excluding hydrogens is 268 g/mol. The van der Waals surface area contributed by atoms with Gasteiger partial charge in [0.1, 0.15) is 0 Å². The zero-order valence-electron chi connectivity index (χ0n) is 10.6. The Balaban J connectivity index is 1.90. The minimum Gasteiger partial charge on any atom is -0.384 e. The Morgan fingerprint density at radius 3 is 3.00 bits per heavy atom. The van der Waals surface area contributed by atoms with E-state index < -0.39 is 15.9 Å². The summed E-state index contributed by atoms with van der Waals surface area (Å²) < 4.78 is 29.9. The second kappa shape index (κ2) is 5.66. The molecule has 1 heterocycles. The second-order valence-corrected chi connectivity index (χ2v) is 6.35. The van der Waals surface area contributed by atoms with Crippen molar-refractivity contribution in [1.29, 1.82) is 0 Å². The summed E-state index contributed by atoms with van der Waals surface area (Å²) in [4.78, 5) is 15.8. The topological polar surface area (TPSA) is 85.4 Å². The summed E-state index contributed by atoms with van der Waals surface area (Å²) in [6.45, 7) is 0.0688. The Morgan fingerprint density at radius 2 is 2.37 bits per heavy atom. The van der Waals surface area contributed by atoms with Crippen molar-refractivity contribution in [1.82, 2.24) is 9.71 Å². The summed E-state index contributed by atoms with van der Waals surface area (Å²) in [6.07, 6.45) is 4.03. The summed E-state index contributed by atoms with van der Waals surface area (Å²) in [5.41, 5.74) is 0.969. The summed E-state index contributed by atoms with van der Waals surface area (Å²) >= 11 is 0. The van der Waals surface area contributed by atoms with Crippen LogP contribution in [0.15, 0.2) is 24.5 Å². The number of carbonyl (C=O) groups is 1. The fourth-order valence-electron chi connectivity index (χ4n) is 1.92. The quantitative estimate of drug-likeness (QED) is 0.811. The van der Waals surface area contributed by atoms with Crippen LogP contribution in [0.3, 0.4) is 0 Å². The Morgan fingerprint density at radius 1 is 1.58 bits per heavy atom. The van der Waals surface area contributed by atoms with Gasteiger partial charge in [0.05, 0.1) is 12.4 Å². The van der Waals surface area contributed by atoms with E-state index in [1.54, 1.807) is 18.5 Å². The highest BCUT2D eigenvalue weighted by Gasteiger charge is 2.45. The minimum atomic E-state index is -3.59. The molecule has 2 atom stereocenters. The van der Waals surface area contributed by atoms with Crippen LogP contribution < -0.4 is 4.72 Å². The molecule has 2 rings (SSSR count). The van der Waals surface area contributed by atoms with Gasteiger partial charge in [0, 0.05) is 25.4 Å². The van der Waals surface area contributed by atoms with Crippen molar-refractivity contribution in [3.8, 4) is 0 Å². The van der Waals surface area contributed by atoms with Crippen molar-refractivity contribution in [3.63, 3.8) is 0 Å². The normalized spacial score (nSPS) is 21.9. The lowest BCUT2D eigenvalue weighted by molar-refractivity contribution is -0.120. The summed E-state index contributed by atoms with van der Waals surface area (Å²) in [6, 6.07) is 3.70. The molecule has 1 N–H and O–H groups in total. The number of hydrogen-bond donors (Lipinski definition) is 1. The highest BCUT2D eigenvalue weighted by atomic mass is 32.2. The molecule has 1 amide bonds. The minimum absolute atomic E-state index is 0.0688. The third kappa shape index (κ3) is 3.74. The molecule has 0 unspecified atom stereocenters. The second-order valence-electron chi connectivity index (χ2n) is 4.51. The van der Waals surface area contributed by atoms with Crippen LogP contribution in [-0.4, -0.2) is 38.8 Å². The SMILES string of the molecule is COCCS(=O)(=O)NC(=O)[C@@H]1C[C@H]1c1cccnc1. The molecule has 1 aromatic heterocycles. The number of sulfonamides is 1. The predicted molar refractivity (Wildman–Crippen MR) is 68.9 cm³/mol. The average molecular weight is 284 g/mol. The monoisotopic (exact) mass is 284 g/mol. The molecule has 1 saturated carbocycles. The van der Waals surface area contributed by atoms with Gasteiger partial charge in [-0.1, -0.05) is 6.07 Å². The standard InChI is InChI=1S/C12H16N2O4S/c1-18-5-6-19(16,17)14-12(15)11-7-10(11)9-3-2-4-13-8-9/h2-4,8,10-11H,5-7H2,1H3,(H,14,15)/t10-,11+/m0/s1. The first-order valence-corrected chi connectivity index (χ1v) is 7.62. The van der Waals surface area contributed by atoms with E-state index in [0.717, 1.165) is 5.56 Å². The van der Waals surface area contributed by atoms with Gasteiger partial charge in [-0.2, -0.15) is 0 Å². The molecule has 19 heavy (non-hydrogen) atoms. The van der Waals surface area contributed by atoms with Crippen LogP contribution >= 0.6 is 0 Å². The number of hydrogen-bond acceptors (Lipinski definition) is 5.